The van der Waals surface area contributed by atoms with E-state index in [-0.39, 0.29) is 5.69 Å². The Labute approximate surface area is 118 Å². The van der Waals surface area contributed by atoms with Gasteiger partial charge in [-0.1, -0.05) is 18.2 Å². The summed E-state index contributed by atoms with van der Waals surface area (Å²) in [6.45, 7) is 2.69. The lowest BCUT2D eigenvalue weighted by Crippen LogP contribution is -2.20. The highest BCUT2D eigenvalue weighted by molar-refractivity contribution is 5.89. The molecule has 2 N–H and O–H groups in total. The van der Waals surface area contributed by atoms with Gasteiger partial charge in [-0.3, -0.25) is 0 Å². The highest BCUT2D eigenvalue weighted by Crippen LogP contribution is 2.28. The molecule has 0 spiro atoms. The van der Waals surface area contributed by atoms with Gasteiger partial charge in [0.15, 0.2) is 11.5 Å². The molecular weight excluding hydrogens is 254 g/mol. The molecule has 0 unspecified atom stereocenters. The molecule has 1 aromatic carbocycles. The molecule has 5 heteroatoms. The average molecular weight is 271 g/mol. The fourth-order valence-electron chi connectivity index (χ4n) is 1.96. The molecule has 0 aliphatic heterocycles. The van der Waals surface area contributed by atoms with Gasteiger partial charge in [0.05, 0.1) is 12.8 Å². The van der Waals surface area contributed by atoms with E-state index >= 15 is 0 Å². The van der Waals surface area contributed by atoms with Gasteiger partial charge >= 0.3 is 5.97 Å². The maximum absolute atomic E-state index is 11.6. The van der Waals surface area contributed by atoms with E-state index in [0.29, 0.717) is 18.1 Å². The highest BCUT2D eigenvalue weighted by atomic mass is 16.5. The zero-order valence-corrected chi connectivity index (χ0v) is 11.5. The standard InChI is InChI=1S/C15H17N3O2/c1-3-18(11-7-5-4-6-8-11)14-12(16)9-10-13(17-14)15(19)20-2/h4-10H,3,16H2,1-2H3. The van der Waals surface area contributed by atoms with Gasteiger partial charge in [0.25, 0.3) is 0 Å². The van der Waals surface area contributed by atoms with Crippen molar-refractivity contribution in [1.82, 2.24) is 4.98 Å². The van der Waals surface area contributed by atoms with Gasteiger partial charge in [0.2, 0.25) is 0 Å². The fourth-order valence-corrected chi connectivity index (χ4v) is 1.96. The molecule has 0 fully saturated rings. The number of carbonyl (C=O) groups excluding carboxylic acids is 1. The average Bonchev–Trinajstić information content (AvgIpc) is 2.50. The largest absolute Gasteiger partial charge is 0.464 e. The van der Waals surface area contributed by atoms with Gasteiger partial charge in [0.1, 0.15) is 0 Å². The molecule has 0 aliphatic rings. The molecule has 0 saturated heterocycles. The van der Waals surface area contributed by atoms with Crippen LogP contribution in [0.2, 0.25) is 0 Å². The molecule has 2 aromatic rings. The zero-order valence-electron chi connectivity index (χ0n) is 11.5. The van der Waals surface area contributed by atoms with Crippen LogP contribution in [0.15, 0.2) is 42.5 Å². The first-order valence-corrected chi connectivity index (χ1v) is 6.34. The number of nitrogens with two attached hydrogens (primary N) is 1. The summed E-state index contributed by atoms with van der Waals surface area (Å²) in [5.41, 5.74) is 7.72. The first-order chi connectivity index (χ1) is 9.67. The quantitative estimate of drug-likeness (QED) is 0.866. The molecule has 5 nitrogen and oxygen atoms in total. The fraction of sp³-hybridized carbons (Fsp3) is 0.200. The summed E-state index contributed by atoms with van der Waals surface area (Å²) < 4.78 is 4.69. The third kappa shape index (κ3) is 2.71. The van der Waals surface area contributed by atoms with E-state index in [9.17, 15) is 4.79 Å². The van der Waals surface area contributed by atoms with E-state index in [1.54, 1.807) is 12.1 Å². The second-order valence-electron chi connectivity index (χ2n) is 4.18. The van der Waals surface area contributed by atoms with Crippen LogP contribution < -0.4 is 10.6 Å². The van der Waals surface area contributed by atoms with Crippen molar-refractivity contribution >= 4 is 23.2 Å². The van der Waals surface area contributed by atoms with Crippen LogP contribution in [0.1, 0.15) is 17.4 Å². The van der Waals surface area contributed by atoms with Gasteiger partial charge in [-0.15, -0.1) is 0 Å². The first-order valence-electron chi connectivity index (χ1n) is 6.34. The predicted molar refractivity (Wildman–Crippen MR) is 79.1 cm³/mol. The predicted octanol–water partition coefficient (Wildman–Crippen LogP) is 2.61. The Balaban J connectivity index is 2.46. The topological polar surface area (TPSA) is 68.5 Å². The van der Waals surface area contributed by atoms with Crippen molar-refractivity contribution in [2.75, 3.05) is 24.3 Å². The van der Waals surface area contributed by atoms with Crippen LogP contribution in [0.3, 0.4) is 0 Å². The number of rotatable bonds is 4. The van der Waals surface area contributed by atoms with E-state index < -0.39 is 5.97 Å². The Morgan fingerprint density at radius 1 is 1.25 bits per heavy atom. The molecule has 0 radical (unpaired) electrons. The Morgan fingerprint density at radius 3 is 2.55 bits per heavy atom. The lowest BCUT2D eigenvalue weighted by atomic mass is 10.2. The lowest BCUT2D eigenvalue weighted by Gasteiger charge is -2.23. The van der Waals surface area contributed by atoms with Crippen molar-refractivity contribution in [1.29, 1.82) is 0 Å². The Kier molecular flexibility index (Phi) is 4.20. The Morgan fingerprint density at radius 2 is 1.95 bits per heavy atom. The summed E-state index contributed by atoms with van der Waals surface area (Å²) in [6, 6.07) is 13.0. The molecule has 1 aromatic heterocycles. The summed E-state index contributed by atoms with van der Waals surface area (Å²) in [6.07, 6.45) is 0. The van der Waals surface area contributed by atoms with Crippen LogP contribution >= 0.6 is 0 Å². The van der Waals surface area contributed by atoms with Gasteiger partial charge in [-0.25, -0.2) is 9.78 Å². The van der Waals surface area contributed by atoms with Gasteiger partial charge in [-0.05, 0) is 31.2 Å². The van der Waals surface area contributed by atoms with Crippen LogP contribution in [0, 0.1) is 0 Å². The minimum Gasteiger partial charge on any atom is -0.464 e. The Bertz CT molecular complexity index is 599. The molecule has 104 valence electrons. The number of nitrogens with zero attached hydrogens (tertiary/aromatic N) is 2. The summed E-state index contributed by atoms with van der Waals surface area (Å²) in [5.74, 6) is 0.0805. The lowest BCUT2D eigenvalue weighted by molar-refractivity contribution is 0.0594. The first kappa shape index (κ1) is 13.9. The number of esters is 1. The summed E-state index contributed by atoms with van der Waals surface area (Å²) in [7, 11) is 1.33. The third-order valence-electron chi connectivity index (χ3n) is 2.94. The molecule has 2 rings (SSSR count). The van der Waals surface area contributed by atoms with Crippen molar-refractivity contribution in [3.63, 3.8) is 0 Å². The SMILES string of the molecule is CCN(c1ccccc1)c1nc(C(=O)OC)ccc1N. The molecular formula is C15H17N3O2. The minimum absolute atomic E-state index is 0.242. The number of benzene rings is 1. The number of aromatic nitrogens is 1. The number of para-hydroxylation sites is 1. The molecule has 1 heterocycles. The van der Waals surface area contributed by atoms with Crippen LogP contribution in [0.25, 0.3) is 0 Å². The number of carbonyl (C=O) groups is 1. The number of hydrogen-bond acceptors (Lipinski definition) is 5. The summed E-state index contributed by atoms with van der Waals surface area (Å²) >= 11 is 0. The number of anilines is 3. The third-order valence-corrected chi connectivity index (χ3v) is 2.94. The molecule has 20 heavy (non-hydrogen) atoms. The van der Waals surface area contributed by atoms with Gasteiger partial charge in [-0.2, -0.15) is 0 Å². The van der Waals surface area contributed by atoms with Crippen LogP contribution in [0.4, 0.5) is 17.2 Å². The minimum atomic E-state index is -0.477. The summed E-state index contributed by atoms with van der Waals surface area (Å²) in [5, 5.41) is 0. The maximum Gasteiger partial charge on any atom is 0.356 e. The van der Waals surface area contributed by atoms with Gasteiger partial charge < -0.3 is 15.4 Å². The highest BCUT2D eigenvalue weighted by Gasteiger charge is 2.15. The molecule has 0 amide bonds. The number of pyridine rings is 1. The van der Waals surface area contributed by atoms with Crippen LogP contribution in [-0.2, 0) is 4.74 Å². The van der Waals surface area contributed by atoms with E-state index in [0.717, 1.165) is 5.69 Å². The van der Waals surface area contributed by atoms with Crippen molar-refractivity contribution < 1.29 is 9.53 Å². The van der Waals surface area contributed by atoms with E-state index in [4.69, 9.17) is 5.73 Å². The molecule has 0 saturated carbocycles. The van der Waals surface area contributed by atoms with Crippen molar-refractivity contribution in [3.8, 4) is 0 Å². The van der Waals surface area contributed by atoms with E-state index in [2.05, 4.69) is 9.72 Å². The number of ether oxygens (including phenoxy) is 1. The number of nitrogen functional groups attached to an aromatic ring is 1. The summed E-state index contributed by atoms with van der Waals surface area (Å²) in [4.78, 5) is 17.8. The van der Waals surface area contributed by atoms with Crippen molar-refractivity contribution in [3.05, 3.63) is 48.2 Å². The second-order valence-corrected chi connectivity index (χ2v) is 4.18. The monoisotopic (exact) mass is 271 g/mol. The van der Waals surface area contributed by atoms with Crippen LogP contribution in [0.5, 0.6) is 0 Å². The second kappa shape index (κ2) is 6.06. The normalized spacial score (nSPS) is 10.1. The molecule has 0 aliphatic carbocycles. The van der Waals surface area contributed by atoms with Crippen LogP contribution in [-0.4, -0.2) is 24.6 Å². The molecule has 0 bridgehead atoms. The van der Waals surface area contributed by atoms with Gasteiger partial charge in [0, 0.05) is 12.2 Å². The van der Waals surface area contributed by atoms with Crippen molar-refractivity contribution in [2.45, 2.75) is 6.92 Å². The number of methoxy groups -OCH3 is 1. The molecule has 0 atom stereocenters. The van der Waals surface area contributed by atoms with Crippen molar-refractivity contribution in [2.24, 2.45) is 0 Å². The number of hydrogen-bond donors (Lipinski definition) is 1. The van der Waals surface area contributed by atoms with E-state index in [1.165, 1.54) is 7.11 Å². The van der Waals surface area contributed by atoms with E-state index in [1.807, 2.05) is 42.2 Å². The maximum atomic E-state index is 11.6. The smallest absolute Gasteiger partial charge is 0.356 e. The zero-order chi connectivity index (χ0) is 14.5. The Hall–Kier alpha value is -2.56.